The van der Waals surface area contributed by atoms with Crippen LogP contribution in [0.4, 0.5) is 38.4 Å². The molecule has 0 bridgehead atoms. The molecule has 1 atom stereocenters. The van der Waals surface area contributed by atoms with E-state index in [2.05, 4.69) is 15.3 Å². The van der Waals surface area contributed by atoms with Crippen LogP contribution in [0.5, 0.6) is 0 Å². The molecule has 3 heterocycles. The summed E-state index contributed by atoms with van der Waals surface area (Å²) in [6, 6.07) is -2.71. The highest BCUT2D eigenvalue weighted by molar-refractivity contribution is 7.86. The standard InChI is InChI=1S/C19H16F5N5O5S/c1-8-12-2-9(20)3-13(21)15(12)34-14(8)16(19(22,23)24)28-18(30)27-10-4-25-17(26-5-10)29-6-11(7-29)35(31,32)33/h2-5,11,16H,6-7H2,1H3,(H2,27,28,30)(H,31,32,33)/t16-/m1/s1. The summed E-state index contributed by atoms with van der Waals surface area (Å²) < 4.78 is 105. The number of amides is 2. The van der Waals surface area contributed by atoms with E-state index in [-0.39, 0.29) is 35.7 Å². The molecular weight excluding hydrogens is 505 g/mol. The minimum Gasteiger partial charge on any atom is -0.455 e. The van der Waals surface area contributed by atoms with Crippen molar-refractivity contribution in [2.45, 2.75) is 24.4 Å². The molecule has 1 aliphatic heterocycles. The predicted octanol–water partition coefficient (Wildman–Crippen LogP) is 3.31. The highest BCUT2D eigenvalue weighted by atomic mass is 32.2. The van der Waals surface area contributed by atoms with Crippen molar-refractivity contribution in [3.8, 4) is 0 Å². The van der Waals surface area contributed by atoms with Gasteiger partial charge in [0.15, 0.2) is 17.4 Å². The number of hydrogen-bond acceptors (Lipinski definition) is 7. The number of aryl methyl sites for hydroxylation is 1. The van der Waals surface area contributed by atoms with Crippen LogP contribution < -0.4 is 15.5 Å². The van der Waals surface area contributed by atoms with Crippen molar-refractivity contribution in [3.63, 3.8) is 0 Å². The van der Waals surface area contributed by atoms with Gasteiger partial charge in [0.1, 0.15) is 16.8 Å². The lowest BCUT2D eigenvalue weighted by Gasteiger charge is -2.36. The molecule has 0 saturated carbocycles. The van der Waals surface area contributed by atoms with Crippen LogP contribution in [0.3, 0.4) is 0 Å². The van der Waals surface area contributed by atoms with Crippen LogP contribution in [0.15, 0.2) is 28.9 Å². The summed E-state index contributed by atoms with van der Waals surface area (Å²) >= 11 is 0. The Balaban J connectivity index is 1.48. The number of furan rings is 1. The summed E-state index contributed by atoms with van der Waals surface area (Å²) in [7, 11) is -4.20. The lowest BCUT2D eigenvalue weighted by atomic mass is 10.1. The lowest BCUT2D eigenvalue weighted by Crippen LogP contribution is -2.55. The number of halogens is 5. The van der Waals surface area contributed by atoms with Crippen LogP contribution in [0, 0.1) is 18.6 Å². The maximum absolute atomic E-state index is 14.0. The first-order valence-corrected chi connectivity index (χ1v) is 11.3. The molecule has 4 rings (SSSR count). The summed E-state index contributed by atoms with van der Waals surface area (Å²) in [6.07, 6.45) is -2.89. The van der Waals surface area contributed by atoms with Crippen LogP contribution >= 0.6 is 0 Å². The lowest BCUT2D eigenvalue weighted by molar-refractivity contribution is -0.158. The van der Waals surface area contributed by atoms with E-state index in [1.807, 2.05) is 0 Å². The van der Waals surface area contributed by atoms with E-state index in [1.54, 1.807) is 5.32 Å². The second kappa shape index (κ2) is 8.60. The van der Waals surface area contributed by atoms with Crippen LogP contribution in [-0.2, 0) is 10.1 Å². The first kappa shape index (κ1) is 24.6. The molecule has 3 aromatic rings. The van der Waals surface area contributed by atoms with Gasteiger partial charge in [-0.1, -0.05) is 0 Å². The number of hydrogen-bond donors (Lipinski definition) is 3. The molecule has 1 fully saturated rings. The first-order chi connectivity index (χ1) is 16.2. The number of fused-ring (bicyclic) bond motifs is 1. The zero-order chi connectivity index (χ0) is 25.7. The molecule has 10 nitrogen and oxygen atoms in total. The fourth-order valence-corrected chi connectivity index (χ4v) is 4.21. The van der Waals surface area contributed by atoms with Gasteiger partial charge in [-0.2, -0.15) is 21.6 Å². The minimum absolute atomic E-state index is 0.0549. The molecule has 0 aliphatic carbocycles. The monoisotopic (exact) mass is 521 g/mol. The maximum Gasteiger partial charge on any atom is 0.416 e. The first-order valence-electron chi connectivity index (χ1n) is 9.79. The molecule has 0 unspecified atom stereocenters. The highest BCUT2D eigenvalue weighted by Crippen LogP contribution is 2.39. The zero-order valence-corrected chi connectivity index (χ0v) is 18.4. The van der Waals surface area contributed by atoms with Gasteiger partial charge < -0.3 is 20.0 Å². The van der Waals surface area contributed by atoms with E-state index in [9.17, 15) is 35.2 Å². The number of nitrogens with zero attached hydrogens (tertiary/aromatic N) is 3. The summed E-state index contributed by atoms with van der Waals surface area (Å²) in [6.45, 7) is 1.06. The van der Waals surface area contributed by atoms with Crippen molar-refractivity contribution in [3.05, 3.63) is 47.5 Å². The summed E-state index contributed by atoms with van der Waals surface area (Å²) in [5.74, 6) is -2.93. The van der Waals surface area contributed by atoms with Crippen molar-refractivity contribution in [1.82, 2.24) is 15.3 Å². The van der Waals surface area contributed by atoms with Gasteiger partial charge in [-0.15, -0.1) is 0 Å². The average Bonchev–Trinajstić information content (AvgIpc) is 3.01. The molecule has 16 heteroatoms. The Labute approximate surface area is 193 Å². The van der Waals surface area contributed by atoms with E-state index in [4.69, 9.17) is 8.97 Å². The number of benzene rings is 1. The van der Waals surface area contributed by atoms with Crippen molar-refractivity contribution in [2.24, 2.45) is 0 Å². The highest BCUT2D eigenvalue weighted by Gasteiger charge is 2.45. The quantitative estimate of drug-likeness (QED) is 0.344. The molecule has 1 saturated heterocycles. The smallest absolute Gasteiger partial charge is 0.416 e. The van der Waals surface area contributed by atoms with E-state index in [0.29, 0.717) is 6.07 Å². The Bertz CT molecular complexity index is 1390. The predicted molar refractivity (Wildman–Crippen MR) is 111 cm³/mol. The number of carbonyl (C=O) groups is 1. The third-order valence-electron chi connectivity index (χ3n) is 5.31. The molecule has 188 valence electrons. The summed E-state index contributed by atoms with van der Waals surface area (Å²) in [5, 5.41) is 2.62. The molecule has 2 amide bonds. The fourth-order valence-electron chi connectivity index (χ4n) is 3.47. The van der Waals surface area contributed by atoms with Crippen LogP contribution in [-0.4, -0.2) is 53.5 Å². The Morgan fingerprint density at radius 3 is 2.43 bits per heavy atom. The maximum atomic E-state index is 14.0. The molecule has 3 N–H and O–H groups in total. The van der Waals surface area contributed by atoms with Gasteiger partial charge >= 0.3 is 12.2 Å². The normalized spacial score (nSPS) is 15.7. The van der Waals surface area contributed by atoms with E-state index in [1.165, 1.54) is 11.8 Å². The van der Waals surface area contributed by atoms with Crippen LogP contribution in [0.1, 0.15) is 17.4 Å². The number of alkyl halides is 3. The molecule has 2 aromatic heterocycles. The van der Waals surface area contributed by atoms with Gasteiger partial charge in [0.25, 0.3) is 10.1 Å². The molecule has 1 aromatic carbocycles. The summed E-state index contributed by atoms with van der Waals surface area (Å²) in [5.41, 5.74) is -0.874. The van der Waals surface area contributed by atoms with E-state index >= 15 is 0 Å². The molecule has 35 heavy (non-hydrogen) atoms. The number of anilines is 2. The number of aromatic nitrogens is 2. The van der Waals surface area contributed by atoms with Gasteiger partial charge in [0, 0.05) is 30.1 Å². The van der Waals surface area contributed by atoms with Crippen molar-refractivity contribution < 1.29 is 44.1 Å². The topological polar surface area (TPSA) is 138 Å². The van der Waals surface area contributed by atoms with Crippen LogP contribution in [0.2, 0.25) is 0 Å². The third-order valence-corrected chi connectivity index (χ3v) is 6.45. The van der Waals surface area contributed by atoms with Crippen LogP contribution in [0.25, 0.3) is 11.0 Å². The largest absolute Gasteiger partial charge is 0.455 e. The number of nitrogens with one attached hydrogen (secondary N) is 2. The van der Waals surface area contributed by atoms with Crippen molar-refractivity contribution in [1.29, 1.82) is 0 Å². The second-order valence-corrected chi connectivity index (χ2v) is 9.44. The number of urea groups is 1. The average molecular weight is 521 g/mol. The Kier molecular flexibility index (Phi) is 6.04. The molecule has 0 spiro atoms. The minimum atomic E-state index is -5.05. The second-order valence-electron chi connectivity index (χ2n) is 7.74. The van der Waals surface area contributed by atoms with E-state index in [0.717, 1.165) is 18.5 Å². The van der Waals surface area contributed by atoms with Gasteiger partial charge in [-0.05, 0) is 13.0 Å². The Morgan fingerprint density at radius 2 is 1.86 bits per heavy atom. The summed E-state index contributed by atoms with van der Waals surface area (Å²) in [4.78, 5) is 21.5. The number of carbonyl (C=O) groups excluding carboxylic acids is 1. The van der Waals surface area contributed by atoms with Gasteiger partial charge in [-0.3, -0.25) is 4.55 Å². The Hall–Kier alpha value is -3.53. The molecule has 1 aliphatic rings. The number of rotatable bonds is 5. The molecular formula is C19H16F5N5O5S. The van der Waals surface area contributed by atoms with Gasteiger partial charge in [0.2, 0.25) is 5.95 Å². The fraction of sp³-hybridized carbons (Fsp3) is 0.316. The van der Waals surface area contributed by atoms with Gasteiger partial charge in [-0.25, -0.2) is 23.5 Å². The van der Waals surface area contributed by atoms with Crippen molar-refractivity contribution >= 4 is 38.8 Å². The van der Waals surface area contributed by atoms with E-state index < -0.39 is 56.6 Å². The zero-order valence-electron chi connectivity index (χ0n) is 17.6. The van der Waals surface area contributed by atoms with Crippen molar-refractivity contribution in [2.75, 3.05) is 23.3 Å². The third kappa shape index (κ3) is 4.97. The Morgan fingerprint density at radius 1 is 1.23 bits per heavy atom. The van der Waals surface area contributed by atoms with Gasteiger partial charge in [0.05, 0.1) is 18.1 Å². The molecule has 0 radical (unpaired) electrons. The SMILES string of the molecule is Cc1c([C@@H](NC(=O)Nc2cnc(N3CC(S(=O)(=O)O)C3)nc2)C(F)(F)F)oc2c(F)cc(F)cc12.